The number of ether oxygens (including phenoxy) is 3. The average Bonchev–Trinajstić information content (AvgIpc) is 2.80. The van der Waals surface area contributed by atoms with Crippen LogP contribution < -0.4 is 19.3 Å². The van der Waals surface area contributed by atoms with Crippen molar-refractivity contribution in [3.8, 4) is 28.4 Å². The van der Waals surface area contributed by atoms with Crippen molar-refractivity contribution < 1.29 is 27.7 Å². The second-order valence-corrected chi connectivity index (χ2v) is 9.21. The quantitative estimate of drug-likeness (QED) is 0.491. The van der Waals surface area contributed by atoms with Crippen LogP contribution in [0.15, 0.2) is 72.8 Å². The van der Waals surface area contributed by atoms with Crippen molar-refractivity contribution in [3.63, 3.8) is 0 Å². The molecule has 0 aromatic heterocycles. The molecule has 0 amide bonds. The van der Waals surface area contributed by atoms with Crippen molar-refractivity contribution in [2.75, 3.05) is 20.3 Å². The van der Waals surface area contributed by atoms with Crippen LogP contribution in [-0.4, -0.2) is 33.8 Å². The Morgan fingerprint density at radius 3 is 2.67 bits per heavy atom. The highest BCUT2D eigenvalue weighted by Crippen LogP contribution is 2.49. The minimum absolute atomic E-state index is 0.0418. The van der Waals surface area contributed by atoms with E-state index in [1.807, 2.05) is 54.6 Å². The highest BCUT2D eigenvalue weighted by atomic mass is 32.2. The van der Waals surface area contributed by atoms with Crippen LogP contribution >= 0.6 is 0 Å². The van der Waals surface area contributed by atoms with Gasteiger partial charge in [0.25, 0.3) is 0 Å². The lowest BCUT2D eigenvalue weighted by atomic mass is 9.88. The highest BCUT2D eigenvalue weighted by molar-refractivity contribution is 7.88. The van der Waals surface area contributed by atoms with Gasteiger partial charge in [0.15, 0.2) is 0 Å². The minimum Gasteiger partial charge on any atom is -0.496 e. The van der Waals surface area contributed by atoms with Crippen LogP contribution in [0.5, 0.6) is 17.2 Å². The van der Waals surface area contributed by atoms with Crippen molar-refractivity contribution >= 4 is 10.0 Å². The Kier molecular flexibility index (Phi) is 6.69. The summed E-state index contributed by atoms with van der Waals surface area (Å²) < 4.78 is 41.1. The van der Waals surface area contributed by atoms with Crippen LogP contribution in [0.4, 0.5) is 0 Å². The maximum absolute atomic E-state index is 11.7. The van der Waals surface area contributed by atoms with Crippen LogP contribution in [0, 0.1) is 0 Å². The molecule has 172 valence electrons. The lowest BCUT2D eigenvalue weighted by Gasteiger charge is -2.30. The Morgan fingerprint density at radius 1 is 1.09 bits per heavy atom. The zero-order valence-electron chi connectivity index (χ0n) is 18.1. The zero-order valence-corrected chi connectivity index (χ0v) is 18.9. The maximum atomic E-state index is 11.7. The summed E-state index contributed by atoms with van der Waals surface area (Å²) in [6, 6.07) is 18.6. The Bertz CT molecular complexity index is 1290. The van der Waals surface area contributed by atoms with Gasteiger partial charge in [-0.15, -0.1) is 0 Å². The first-order valence-electron chi connectivity index (χ1n) is 10.4. The van der Waals surface area contributed by atoms with Gasteiger partial charge in [-0.1, -0.05) is 42.5 Å². The second-order valence-electron chi connectivity index (χ2n) is 7.60. The summed E-state index contributed by atoms with van der Waals surface area (Å²) in [5.41, 5.74) is 3.94. The minimum atomic E-state index is -3.69. The molecule has 3 N–H and O–H groups in total. The molecule has 1 aliphatic heterocycles. The fourth-order valence-corrected chi connectivity index (χ4v) is 4.56. The molecule has 0 aliphatic carbocycles. The molecule has 33 heavy (non-hydrogen) atoms. The Hall–Kier alpha value is -3.33. The predicted octanol–water partition coefficient (Wildman–Crippen LogP) is 3.56. The van der Waals surface area contributed by atoms with Gasteiger partial charge in [0.1, 0.15) is 30.0 Å². The number of fused-ring (bicyclic) bond motifs is 3. The van der Waals surface area contributed by atoms with E-state index >= 15 is 0 Å². The Labute approximate surface area is 193 Å². The average molecular weight is 468 g/mol. The molecule has 1 unspecified atom stereocenters. The third kappa shape index (κ3) is 5.19. The van der Waals surface area contributed by atoms with Crippen molar-refractivity contribution in [2.45, 2.75) is 11.9 Å². The monoisotopic (exact) mass is 467 g/mol. The summed E-state index contributed by atoms with van der Waals surface area (Å²) in [4.78, 5) is 0. The van der Waals surface area contributed by atoms with Crippen LogP contribution in [0.1, 0.15) is 22.8 Å². The molecule has 0 bridgehead atoms. The normalized spacial score (nSPS) is 14.9. The third-order valence-corrected chi connectivity index (χ3v) is 6.00. The molecule has 3 aromatic rings. The molecule has 0 saturated carbocycles. The molecule has 7 nitrogen and oxygen atoms in total. The van der Waals surface area contributed by atoms with Crippen LogP contribution in [0.3, 0.4) is 0 Å². The number of hydrogen-bond acceptors (Lipinski definition) is 6. The number of primary sulfonamides is 1. The first kappa shape index (κ1) is 22.8. The van der Waals surface area contributed by atoms with Crippen molar-refractivity contribution in [1.82, 2.24) is 0 Å². The van der Waals surface area contributed by atoms with E-state index in [1.54, 1.807) is 25.3 Å². The van der Waals surface area contributed by atoms with Gasteiger partial charge in [0.05, 0.1) is 25.0 Å². The fraction of sp³-hybridized carbons (Fsp3) is 0.200. The molecule has 4 rings (SSSR count). The topological polar surface area (TPSA) is 108 Å². The van der Waals surface area contributed by atoms with E-state index in [-0.39, 0.29) is 12.4 Å². The molecule has 1 aliphatic rings. The summed E-state index contributed by atoms with van der Waals surface area (Å²) in [6.07, 6.45) is 2.86. The summed E-state index contributed by atoms with van der Waals surface area (Å²) in [5.74, 6) is 1.71. The molecule has 3 aromatic carbocycles. The number of rotatable bonds is 8. The van der Waals surface area contributed by atoms with E-state index in [2.05, 4.69) is 0 Å². The molecule has 0 spiro atoms. The predicted molar refractivity (Wildman–Crippen MR) is 126 cm³/mol. The molecular weight excluding hydrogens is 442 g/mol. The first-order valence-corrected chi connectivity index (χ1v) is 12.1. The fourth-order valence-electron chi connectivity index (χ4n) is 3.92. The van der Waals surface area contributed by atoms with Crippen molar-refractivity contribution in [2.24, 2.45) is 5.14 Å². The number of aliphatic hydroxyl groups excluding tert-OH is 1. The third-order valence-electron chi connectivity index (χ3n) is 5.27. The molecule has 8 heteroatoms. The number of hydrogen-bond donors (Lipinski definition) is 2. The number of nitrogens with two attached hydrogens (primary N) is 1. The van der Waals surface area contributed by atoms with Gasteiger partial charge in [-0.2, -0.15) is 0 Å². The van der Waals surface area contributed by atoms with Crippen LogP contribution in [0.2, 0.25) is 0 Å². The highest BCUT2D eigenvalue weighted by Gasteiger charge is 2.30. The Morgan fingerprint density at radius 2 is 1.91 bits per heavy atom. The standard InChI is InChI=1S/C25H25NO6S/c1-30-22-8-5-9-23-24(22)20-11-10-17(16-33(26,28)29)14-21(20)25(32-23)18-6-4-7-19(15-18)31-13-3-2-12-27/h2-11,14-15,25,27H,12-13,16H2,1H3,(H2,26,28,29). The first-order chi connectivity index (χ1) is 15.9. The molecule has 1 heterocycles. The number of benzene rings is 3. The summed E-state index contributed by atoms with van der Waals surface area (Å²) in [7, 11) is -2.09. The van der Waals surface area contributed by atoms with Gasteiger partial charge in [0, 0.05) is 11.1 Å². The van der Waals surface area contributed by atoms with Gasteiger partial charge >= 0.3 is 0 Å². The van der Waals surface area contributed by atoms with Gasteiger partial charge < -0.3 is 19.3 Å². The smallest absolute Gasteiger partial charge is 0.213 e. The molecular formula is C25H25NO6S. The second kappa shape index (κ2) is 9.66. The van der Waals surface area contributed by atoms with E-state index in [9.17, 15) is 8.42 Å². The van der Waals surface area contributed by atoms with E-state index in [1.165, 1.54) is 0 Å². The van der Waals surface area contributed by atoms with E-state index in [0.29, 0.717) is 29.4 Å². The SMILES string of the molecule is COc1cccc2c1-c1ccc(CS(N)(=O)=O)cc1C(c1cccc(OCC=CCO)c1)O2. The van der Waals surface area contributed by atoms with Gasteiger partial charge in [-0.3, -0.25) is 0 Å². The summed E-state index contributed by atoms with van der Waals surface area (Å²) in [5, 5.41) is 14.2. The van der Waals surface area contributed by atoms with Crippen molar-refractivity contribution in [1.29, 1.82) is 0 Å². The lowest BCUT2D eigenvalue weighted by molar-refractivity contribution is 0.241. The zero-order chi connectivity index (χ0) is 23.4. The largest absolute Gasteiger partial charge is 0.496 e. The molecule has 0 radical (unpaired) electrons. The Balaban J connectivity index is 1.79. The van der Waals surface area contributed by atoms with Gasteiger partial charge in [0.2, 0.25) is 10.0 Å². The molecule has 0 saturated heterocycles. The number of aliphatic hydroxyl groups is 1. The van der Waals surface area contributed by atoms with E-state index < -0.39 is 16.1 Å². The molecule has 0 fully saturated rings. The van der Waals surface area contributed by atoms with Gasteiger partial charge in [-0.25, -0.2) is 13.6 Å². The maximum Gasteiger partial charge on any atom is 0.213 e. The lowest BCUT2D eigenvalue weighted by Crippen LogP contribution is -2.18. The van der Waals surface area contributed by atoms with E-state index in [0.717, 1.165) is 22.3 Å². The number of sulfonamides is 1. The van der Waals surface area contributed by atoms with E-state index in [4.69, 9.17) is 24.5 Å². The molecule has 1 atom stereocenters. The van der Waals surface area contributed by atoms with Crippen molar-refractivity contribution in [3.05, 3.63) is 89.5 Å². The van der Waals surface area contributed by atoms with Crippen LogP contribution in [0.25, 0.3) is 11.1 Å². The summed E-state index contributed by atoms with van der Waals surface area (Å²) >= 11 is 0. The van der Waals surface area contributed by atoms with Crippen LogP contribution in [-0.2, 0) is 15.8 Å². The number of methoxy groups -OCH3 is 1. The van der Waals surface area contributed by atoms with Gasteiger partial charge in [-0.05, 0) is 41.5 Å². The summed E-state index contributed by atoms with van der Waals surface area (Å²) in [6.45, 7) is 0.282.